The minimum absolute atomic E-state index is 0.00655. The highest BCUT2D eigenvalue weighted by molar-refractivity contribution is 7.80. The minimum atomic E-state index is -4.96. The summed E-state index contributed by atoms with van der Waals surface area (Å²) in [6.07, 6.45) is 1.59. The molecule has 4 aliphatic carbocycles. The van der Waals surface area contributed by atoms with Gasteiger partial charge in [-0.2, -0.15) is 8.42 Å². The highest BCUT2D eigenvalue weighted by Crippen LogP contribution is 2.69. The number of aliphatic hydroxyl groups is 6. The zero-order valence-corrected chi connectivity index (χ0v) is 21.8. The van der Waals surface area contributed by atoms with Gasteiger partial charge < -0.3 is 30.6 Å². The molecule has 0 aliphatic heterocycles. The Morgan fingerprint density at radius 1 is 1.08 bits per heavy atom. The second-order valence-corrected chi connectivity index (χ2v) is 13.0. The standard InChI is InChI=1S/C25H42O10S/c1-14(6-4-3-5-11-26)17-12-20(35-36(32,33)34)25(31)23(17,2)10-9-16-15-7-8-18(27)22(29)21(15)19(28)13-24(16,25)30/h3,5,14-22,26-31H,4,6-13H2,1-2H3,(H,32,33,34). The number of hydrogen-bond acceptors (Lipinski definition) is 9. The van der Waals surface area contributed by atoms with E-state index in [-0.39, 0.29) is 37.2 Å². The van der Waals surface area contributed by atoms with Gasteiger partial charge in [-0.25, -0.2) is 4.18 Å². The maximum atomic E-state index is 12.5. The molecule has 0 radical (unpaired) electrons. The molecule has 0 aromatic rings. The Morgan fingerprint density at radius 2 is 1.78 bits per heavy atom. The zero-order valence-electron chi connectivity index (χ0n) is 21.0. The molecule has 12 atom stereocenters. The van der Waals surface area contributed by atoms with Gasteiger partial charge in [-0.3, -0.25) is 4.55 Å². The van der Waals surface area contributed by atoms with E-state index in [2.05, 4.69) is 0 Å². The number of hydrogen-bond donors (Lipinski definition) is 7. The quantitative estimate of drug-likeness (QED) is 0.180. The first-order chi connectivity index (χ1) is 16.7. The molecule has 11 heteroatoms. The van der Waals surface area contributed by atoms with E-state index >= 15 is 0 Å². The van der Waals surface area contributed by atoms with Gasteiger partial charge in [0, 0.05) is 17.8 Å². The topological polar surface area (TPSA) is 185 Å². The van der Waals surface area contributed by atoms with E-state index in [0.717, 1.165) is 0 Å². The lowest BCUT2D eigenvalue weighted by Crippen LogP contribution is -2.77. The summed E-state index contributed by atoms with van der Waals surface area (Å²) in [6, 6.07) is 0. The third-order valence-corrected chi connectivity index (χ3v) is 10.9. The van der Waals surface area contributed by atoms with Crippen molar-refractivity contribution < 1.29 is 47.8 Å². The molecule has 12 unspecified atom stereocenters. The van der Waals surface area contributed by atoms with Crippen LogP contribution in [0.15, 0.2) is 12.2 Å². The van der Waals surface area contributed by atoms with Crippen molar-refractivity contribution in [2.24, 2.45) is 35.0 Å². The molecule has 208 valence electrons. The highest BCUT2D eigenvalue weighted by Gasteiger charge is 2.77. The molecule has 0 amide bonds. The second kappa shape index (κ2) is 9.84. The maximum absolute atomic E-state index is 12.5. The Labute approximate surface area is 213 Å². The molecule has 4 fully saturated rings. The van der Waals surface area contributed by atoms with Gasteiger partial charge >= 0.3 is 10.4 Å². The fourth-order valence-corrected chi connectivity index (χ4v) is 9.37. The van der Waals surface area contributed by atoms with E-state index in [1.165, 1.54) is 0 Å². The van der Waals surface area contributed by atoms with Crippen LogP contribution in [0.2, 0.25) is 0 Å². The third-order valence-electron chi connectivity index (χ3n) is 10.4. The fraction of sp³-hybridized carbons (Fsp3) is 0.920. The number of allylic oxidation sites excluding steroid dienone is 1. The van der Waals surface area contributed by atoms with Gasteiger partial charge in [0.15, 0.2) is 0 Å². The summed E-state index contributed by atoms with van der Waals surface area (Å²) in [5, 5.41) is 65.7. The Balaban J connectivity index is 1.74. The lowest BCUT2D eigenvalue weighted by Gasteiger charge is -2.66. The molecule has 0 heterocycles. The molecule has 0 aromatic heterocycles. The van der Waals surface area contributed by atoms with Crippen molar-refractivity contribution in [2.45, 2.75) is 101 Å². The van der Waals surface area contributed by atoms with Gasteiger partial charge in [-0.15, -0.1) is 0 Å². The normalized spacial score (nSPS) is 49.9. The molecule has 7 N–H and O–H groups in total. The van der Waals surface area contributed by atoms with Crippen LogP contribution in [0.3, 0.4) is 0 Å². The van der Waals surface area contributed by atoms with Gasteiger partial charge in [-0.1, -0.05) is 26.0 Å². The smallest absolute Gasteiger partial charge is 0.393 e. The molecular weight excluding hydrogens is 492 g/mol. The lowest BCUT2D eigenvalue weighted by molar-refractivity contribution is -0.319. The van der Waals surface area contributed by atoms with Gasteiger partial charge in [0.05, 0.1) is 24.9 Å². The molecule has 0 spiro atoms. The van der Waals surface area contributed by atoms with Crippen LogP contribution in [0.25, 0.3) is 0 Å². The van der Waals surface area contributed by atoms with Crippen LogP contribution in [0, 0.1) is 35.0 Å². The summed E-state index contributed by atoms with van der Waals surface area (Å²) in [7, 11) is -4.96. The van der Waals surface area contributed by atoms with Crippen LogP contribution in [-0.4, -0.2) is 85.8 Å². The van der Waals surface area contributed by atoms with Crippen molar-refractivity contribution >= 4 is 10.4 Å². The molecule has 4 aliphatic rings. The summed E-state index contributed by atoms with van der Waals surface area (Å²) < 4.78 is 38.4. The number of fused-ring (bicyclic) bond motifs is 5. The van der Waals surface area contributed by atoms with E-state index in [0.29, 0.717) is 38.5 Å². The van der Waals surface area contributed by atoms with E-state index in [1.807, 2.05) is 19.9 Å². The zero-order chi connectivity index (χ0) is 26.7. The Morgan fingerprint density at radius 3 is 2.42 bits per heavy atom. The van der Waals surface area contributed by atoms with Crippen LogP contribution >= 0.6 is 0 Å². The summed E-state index contributed by atoms with van der Waals surface area (Å²) >= 11 is 0. The van der Waals surface area contributed by atoms with Crippen molar-refractivity contribution in [1.82, 2.24) is 0 Å². The molecule has 4 saturated carbocycles. The van der Waals surface area contributed by atoms with Crippen molar-refractivity contribution in [1.29, 1.82) is 0 Å². The van der Waals surface area contributed by atoms with Crippen LogP contribution in [-0.2, 0) is 14.6 Å². The molecular formula is C25H42O10S. The predicted molar refractivity (Wildman–Crippen MR) is 129 cm³/mol. The second-order valence-electron chi connectivity index (χ2n) is 12.0. The third kappa shape index (κ3) is 4.28. The molecule has 4 rings (SSSR count). The van der Waals surface area contributed by atoms with Gasteiger partial charge in [-0.05, 0) is 68.6 Å². The number of rotatable bonds is 7. The SMILES string of the molecule is CC(CCC=CCO)C1CC(OS(=O)(=O)O)C2(O)C1(C)CCC1C3CCC(O)C(O)C3C(O)CC12O. The summed E-state index contributed by atoms with van der Waals surface area (Å²) in [5.74, 6) is -1.86. The van der Waals surface area contributed by atoms with E-state index in [9.17, 15) is 38.5 Å². The first-order valence-electron chi connectivity index (χ1n) is 13.1. The Hall–Kier alpha value is -0.630. The fourth-order valence-electron chi connectivity index (χ4n) is 8.86. The van der Waals surface area contributed by atoms with Crippen LogP contribution in [0.4, 0.5) is 0 Å². The molecule has 0 saturated heterocycles. The van der Waals surface area contributed by atoms with Crippen molar-refractivity contribution in [2.75, 3.05) is 6.61 Å². The lowest BCUT2D eigenvalue weighted by atomic mass is 9.44. The first kappa shape index (κ1) is 28.4. The molecule has 36 heavy (non-hydrogen) atoms. The first-order valence-corrected chi connectivity index (χ1v) is 14.5. The van der Waals surface area contributed by atoms with Crippen molar-refractivity contribution in [3.8, 4) is 0 Å². The minimum Gasteiger partial charge on any atom is -0.393 e. The largest absolute Gasteiger partial charge is 0.397 e. The van der Waals surface area contributed by atoms with Gasteiger partial charge in [0.1, 0.15) is 17.3 Å². The summed E-state index contributed by atoms with van der Waals surface area (Å²) in [5.41, 5.74) is -5.00. The molecule has 0 aromatic carbocycles. The van der Waals surface area contributed by atoms with E-state index in [4.69, 9.17) is 9.29 Å². The molecule has 10 nitrogen and oxygen atoms in total. The van der Waals surface area contributed by atoms with Crippen LogP contribution in [0.1, 0.15) is 65.2 Å². The highest BCUT2D eigenvalue weighted by atomic mass is 32.3. The average Bonchev–Trinajstić information content (AvgIpc) is 3.01. The Kier molecular flexibility index (Phi) is 7.76. The van der Waals surface area contributed by atoms with Crippen LogP contribution < -0.4 is 0 Å². The predicted octanol–water partition coefficient (Wildman–Crippen LogP) is 0.550. The van der Waals surface area contributed by atoms with Crippen molar-refractivity contribution in [3.63, 3.8) is 0 Å². The number of aliphatic hydroxyl groups excluding tert-OH is 4. The van der Waals surface area contributed by atoms with Gasteiger partial charge in [0.25, 0.3) is 0 Å². The van der Waals surface area contributed by atoms with E-state index in [1.54, 1.807) is 6.08 Å². The summed E-state index contributed by atoms with van der Waals surface area (Å²) in [6.45, 7) is 3.76. The van der Waals surface area contributed by atoms with Gasteiger partial charge in [0.2, 0.25) is 0 Å². The van der Waals surface area contributed by atoms with Crippen LogP contribution in [0.5, 0.6) is 0 Å². The summed E-state index contributed by atoms with van der Waals surface area (Å²) in [4.78, 5) is 0. The Bertz CT molecular complexity index is 941. The average molecular weight is 535 g/mol. The monoisotopic (exact) mass is 534 g/mol. The van der Waals surface area contributed by atoms with E-state index < -0.39 is 63.3 Å². The maximum Gasteiger partial charge on any atom is 0.397 e. The molecule has 0 bridgehead atoms. The van der Waals surface area contributed by atoms with Crippen molar-refractivity contribution in [3.05, 3.63) is 12.2 Å².